The lowest BCUT2D eigenvalue weighted by atomic mass is 10.00. The molecule has 0 aliphatic carbocycles. The van der Waals surface area contributed by atoms with Crippen molar-refractivity contribution in [2.75, 3.05) is 18.0 Å². The molecule has 1 aromatic rings. The van der Waals surface area contributed by atoms with Gasteiger partial charge < -0.3 is 10.0 Å². The van der Waals surface area contributed by atoms with Crippen molar-refractivity contribution in [2.45, 2.75) is 6.92 Å². The third-order valence-corrected chi connectivity index (χ3v) is 2.61. The summed E-state index contributed by atoms with van der Waals surface area (Å²) in [7, 11) is 0. The van der Waals surface area contributed by atoms with E-state index in [4.69, 9.17) is 5.11 Å². The van der Waals surface area contributed by atoms with Gasteiger partial charge in [-0.1, -0.05) is 13.0 Å². The number of anilines is 1. The molecule has 80 valence electrons. The first-order chi connectivity index (χ1) is 7.09. The number of hydrogen-bond donors (Lipinski definition) is 1. The van der Waals surface area contributed by atoms with Crippen LogP contribution in [0.15, 0.2) is 18.2 Å². The maximum atomic E-state index is 13.3. The molecule has 1 saturated heterocycles. The van der Waals surface area contributed by atoms with Crippen LogP contribution in [0.1, 0.15) is 17.3 Å². The van der Waals surface area contributed by atoms with Gasteiger partial charge in [0.25, 0.3) is 0 Å². The molecule has 1 aromatic carbocycles. The maximum absolute atomic E-state index is 13.3. The zero-order valence-corrected chi connectivity index (χ0v) is 8.40. The Morgan fingerprint density at radius 3 is 2.73 bits per heavy atom. The lowest BCUT2D eigenvalue weighted by molar-refractivity contribution is 0.0692. The predicted molar refractivity (Wildman–Crippen MR) is 54.7 cm³/mol. The molecule has 1 aliphatic rings. The highest BCUT2D eigenvalue weighted by atomic mass is 19.1. The number of halogens is 1. The summed E-state index contributed by atoms with van der Waals surface area (Å²) in [6.07, 6.45) is 0. The first-order valence-corrected chi connectivity index (χ1v) is 4.86. The molecule has 1 N–H and O–H groups in total. The van der Waals surface area contributed by atoms with E-state index in [1.807, 2.05) is 4.90 Å². The van der Waals surface area contributed by atoms with E-state index in [1.165, 1.54) is 6.07 Å². The molecule has 0 spiro atoms. The van der Waals surface area contributed by atoms with Gasteiger partial charge in [-0.2, -0.15) is 0 Å². The second-order valence-electron chi connectivity index (χ2n) is 3.95. The fourth-order valence-electron chi connectivity index (χ4n) is 1.88. The molecule has 0 radical (unpaired) electrons. The average molecular weight is 209 g/mol. The van der Waals surface area contributed by atoms with Crippen LogP contribution in [0.3, 0.4) is 0 Å². The van der Waals surface area contributed by atoms with Crippen LogP contribution in [-0.2, 0) is 0 Å². The molecule has 1 fully saturated rings. The first kappa shape index (κ1) is 9.96. The number of carboxylic acids is 1. The van der Waals surface area contributed by atoms with E-state index in [2.05, 4.69) is 6.92 Å². The minimum atomic E-state index is -1.21. The largest absolute Gasteiger partial charge is 0.478 e. The maximum Gasteiger partial charge on any atom is 0.340 e. The number of carbonyl (C=O) groups is 1. The van der Waals surface area contributed by atoms with Crippen molar-refractivity contribution in [1.82, 2.24) is 0 Å². The third kappa shape index (κ3) is 1.67. The molecule has 0 amide bonds. The molecule has 2 rings (SSSR count). The van der Waals surface area contributed by atoms with E-state index in [0.717, 1.165) is 13.1 Å². The van der Waals surface area contributed by atoms with E-state index in [1.54, 1.807) is 12.1 Å². The van der Waals surface area contributed by atoms with Crippen LogP contribution in [0.5, 0.6) is 0 Å². The Morgan fingerprint density at radius 2 is 2.20 bits per heavy atom. The van der Waals surface area contributed by atoms with E-state index in [0.29, 0.717) is 11.6 Å². The van der Waals surface area contributed by atoms with E-state index in [-0.39, 0.29) is 5.56 Å². The fourth-order valence-corrected chi connectivity index (χ4v) is 1.88. The Balaban J connectivity index is 2.38. The topological polar surface area (TPSA) is 40.5 Å². The van der Waals surface area contributed by atoms with Crippen molar-refractivity contribution in [3.8, 4) is 0 Å². The number of benzene rings is 1. The zero-order valence-electron chi connectivity index (χ0n) is 8.40. The number of rotatable bonds is 2. The van der Waals surface area contributed by atoms with Crippen molar-refractivity contribution in [1.29, 1.82) is 0 Å². The summed E-state index contributed by atoms with van der Waals surface area (Å²) in [5.74, 6) is -1.32. The minimum Gasteiger partial charge on any atom is -0.478 e. The second kappa shape index (κ2) is 3.53. The Kier molecular flexibility index (Phi) is 2.34. The monoisotopic (exact) mass is 209 g/mol. The van der Waals surface area contributed by atoms with Crippen LogP contribution in [0, 0.1) is 11.7 Å². The number of hydrogen-bond acceptors (Lipinski definition) is 2. The third-order valence-electron chi connectivity index (χ3n) is 2.61. The highest BCUT2D eigenvalue weighted by molar-refractivity contribution is 5.95. The number of aromatic carboxylic acids is 1. The number of carboxylic acid groups (broad SMARTS) is 1. The standard InChI is InChI=1S/C11H12FNO2/c1-7-5-13(6-7)9-4-2-3-8(12)10(9)11(14)15/h2-4,7H,5-6H2,1H3,(H,14,15). The van der Waals surface area contributed by atoms with Gasteiger partial charge in [0, 0.05) is 13.1 Å². The smallest absolute Gasteiger partial charge is 0.340 e. The van der Waals surface area contributed by atoms with Gasteiger partial charge in [-0.25, -0.2) is 9.18 Å². The van der Waals surface area contributed by atoms with Crippen molar-refractivity contribution < 1.29 is 14.3 Å². The molecule has 4 heteroatoms. The Morgan fingerprint density at radius 1 is 1.53 bits per heavy atom. The second-order valence-corrected chi connectivity index (χ2v) is 3.95. The Hall–Kier alpha value is -1.58. The normalized spacial score (nSPS) is 16.3. The molecule has 0 atom stereocenters. The van der Waals surface area contributed by atoms with Crippen LogP contribution in [0.25, 0.3) is 0 Å². The zero-order chi connectivity index (χ0) is 11.0. The first-order valence-electron chi connectivity index (χ1n) is 4.86. The molecule has 1 heterocycles. The van der Waals surface area contributed by atoms with Crippen LogP contribution in [-0.4, -0.2) is 24.2 Å². The molecule has 15 heavy (non-hydrogen) atoms. The molecule has 0 aromatic heterocycles. The summed E-state index contributed by atoms with van der Waals surface area (Å²) in [4.78, 5) is 12.8. The summed E-state index contributed by atoms with van der Waals surface area (Å²) >= 11 is 0. The minimum absolute atomic E-state index is 0.218. The van der Waals surface area contributed by atoms with Crippen molar-refractivity contribution in [3.63, 3.8) is 0 Å². The highest BCUT2D eigenvalue weighted by Gasteiger charge is 2.27. The Bertz CT molecular complexity index is 400. The molecule has 0 saturated carbocycles. The van der Waals surface area contributed by atoms with Gasteiger partial charge in [-0.15, -0.1) is 0 Å². The summed E-state index contributed by atoms with van der Waals surface area (Å²) in [6.45, 7) is 3.67. The van der Waals surface area contributed by atoms with Crippen LogP contribution < -0.4 is 4.90 Å². The van der Waals surface area contributed by atoms with E-state index in [9.17, 15) is 9.18 Å². The van der Waals surface area contributed by atoms with Gasteiger partial charge in [-0.3, -0.25) is 0 Å². The van der Waals surface area contributed by atoms with E-state index < -0.39 is 11.8 Å². The van der Waals surface area contributed by atoms with Gasteiger partial charge >= 0.3 is 5.97 Å². The Labute approximate surface area is 87.1 Å². The molecule has 1 aliphatic heterocycles. The molecular weight excluding hydrogens is 197 g/mol. The molecule has 0 unspecified atom stereocenters. The highest BCUT2D eigenvalue weighted by Crippen LogP contribution is 2.29. The fraction of sp³-hybridized carbons (Fsp3) is 0.364. The van der Waals surface area contributed by atoms with Crippen LogP contribution in [0.2, 0.25) is 0 Å². The SMILES string of the molecule is CC1CN(c2cccc(F)c2C(=O)O)C1. The van der Waals surface area contributed by atoms with Crippen molar-refractivity contribution in [2.24, 2.45) is 5.92 Å². The average Bonchev–Trinajstić information content (AvgIpc) is 2.12. The lowest BCUT2D eigenvalue weighted by Crippen LogP contribution is -2.45. The molecule has 0 bridgehead atoms. The predicted octanol–water partition coefficient (Wildman–Crippen LogP) is 1.98. The summed E-state index contributed by atoms with van der Waals surface area (Å²) < 4.78 is 13.3. The molecular formula is C11H12FNO2. The summed E-state index contributed by atoms with van der Waals surface area (Å²) in [5, 5.41) is 8.91. The number of nitrogens with zero attached hydrogens (tertiary/aromatic N) is 1. The van der Waals surface area contributed by atoms with Gasteiger partial charge in [0.1, 0.15) is 11.4 Å². The molecule has 3 nitrogen and oxygen atoms in total. The van der Waals surface area contributed by atoms with Crippen LogP contribution >= 0.6 is 0 Å². The van der Waals surface area contributed by atoms with Crippen molar-refractivity contribution >= 4 is 11.7 Å². The van der Waals surface area contributed by atoms with Gasteiger partial charge in [0.05, 0.1) is 5.69 Å². The van der Waals surface area contributed by atoms with Gasteiger partial charge in [0.2, 0.25) is 0 Å². The van der Waals surface area contributed by atoms with Crippen LogP contribution in [0.4, 0.5) is 10.1 Å². The van der Waals surface area contributed by atoms with E-state index >= 15 is 0 Å². The van der Waals surface area contributed by atoms with Gasteiger partial charge in [0.15, 0.2) is 0 Å². The quantitative estimate of drug-likeness (QED) is 0.809. The summed E-state index contributed by atoms with van der Waals surface area (Å²) in [6, 6.07) is 4.37. The van der Waals surface area contributed by atoms with Gasteiger partial charge in [-0.05, 0) is 18.1 Å². The van der Waals surface area contributed by atoms with Crippen molar-refractivity contribution in [3.05, 3.63) is 29.6 Å². The lowest BCUT2D eigenvalue weighted by Gasteiger charge is -2.39. The summed E-state index contributed by atoms with van der Waals surface area (Å²) in [5.41, 5.74) is 0.269.